The third-order valence-corrected chi connectivity index (χ3v) is 2.38. The molecule has 1 saturated carbocycles. The third kappa shape index (κ3) is 5.01. The first-order valence-electron chi connectivity index (χ1n) is 4.88. The highest BCUT2D eigenvalue weighted by molar-refractivity contribution is 5.73. The summed E-state index contributed by atoms with van der Waals surface area (Å²) in [4.78, 5) is 10.7. The van der Waals surface area contributed by atoms with Gasteiger partial charge in [0.05, 0.1) is 6.10 Å². The monoisotopic (exact) mass is 225 g/mol. The summed E-state index contributed by atoms with van der Waals surface area (Å²) in [6, 6.07) is -0.00409. The molecule has 0 aromatic carbocycles. The van der Waals surface area contributed by atoms with E-state index in [2.05, 4.69) is 10.1 Å². The van der Waals surface area contributed by atoms with Crippen LogP contribution in [0, 0.1) is 0 Å². The number of carbonyl (C=O) groups excluding carboxylic acids is 1. The van der Waals surface area contributed by atoms with Gasteiger partial charge in [-0.15, -0.1) is 13.2 Å². The first-order valence-corrected chi connectivity index (χ1v) is 4.88. The van der Waals surface area contributed by atoms with Crippen LogP contribution in [-0.2, 0) is 9.53 Å². The summed E-state index contributed by atoms with van der Waals surface area (Å²) in [5, 5.41) is 2.69. The summed E-state index contributed by atoms with van der Waals surface area (Å²) < 4.78 is 39.5. The van der Waals surface area contributed by atoms with Gasteiger partial charge in [0.2, 0.25) is 5.91 Å². The maximum absolute atomic E-state index is 11.9. The van der Waals surface area contributed by atoms with E-state index < -0.39 is 12.5 Å². The quantitative estimate of drug-likeness (QED) is 0.780. The maximum atomic E-state index is 11.9. The Morgan fingerprint density at radius 2 is 1.80 bits per heavy atom. The molecule has 0 bridgehead atoms. The fraction of sp³-hybridized carbons (Fsp3) is 0.889. The second-order valence-electron chi connectivity index (χ2n) is 3.74. The van der Waals surface area contributed by atoms with Crippen molar-refractivity contribution in [3.8, 4) is 0 Å². The number of hydrogen-bond acceptors (Lipinski definition) is 2. The summed E-state index contributed by atoms with van der Waals surface area (Å²) in [7, 11) is 0. The summed E-state index contributed by atoms with van der Waals surface area (Å²) in [5.41, 5.74) is 0. The van der Waals surface area contributed by atoms with E-state index in [0.29, 0.717) is 25.7 Å². The molecular weight excluding hydrogens is 211 g/mol. The minimum Gasteiger partial charge on any atom is -0.354 e. The van der Waals surface area contributed by atoms with Crippen LogP contribution in [0.1, 0.15) is 32.6 Å². The van der Waals surface area contributed by atoms with Gasteiger partial charge in [0.15, 0.2) is 0 Å². The summed E-state index contributed by atoms with van der Waals surface area (Å²) in [6.45, 7) is 1.40. The number of rotatable bonds is 2. The normalized spacial score (nSPS) is 27.5. The number of halogens is 3. The molecule has 0 heterocycles. The van der Waals surface area contributed by atoms with Gasteiger partial charge in [0, 0.05) is 13.0 Å². The van der Waals surface area contributed by atoms with Gasteiger partial charge in [-0.1, -0.05) is 0 Å². The van der Waals surface area contributed by atoms with E-state index in [-0.39, 0.29) is 11.9 Å². The maximum Gasteiger partial charge on any atom is 0.522 e. The van der Waals surface area contributed by atoms with E-state index in [1.807, 2.05) is 0 Å². The van der Waals surface area contributed by atoms with E-state index >= 15 is 0 Å². The number of hydrogen-bond donors (Lipinski definition) is 1. The van der Waals surface area contributed by atoms with Crippen molar-refractivity contribution >= 4 is 5.91 Å². The second-order valence-corrected chi connectivity index (χ2v) is 3.74. The van der Waals surface area contributed by atoms with Crippen molar-refractivity contribution in [1.82, 2.24) is 5.32 Å². The molecule has 88 valence electrons. The molecule has 1 rings (SSSR count). The molecule has 15 heavy (non-hydrogen) atoms. The average Bonchev–Trinajstić information content (AvgIpc) is 2.05. The molecule has 0 spiro atoms. The molecule has 1 fully saturated rings. The van der Waals surface area contributed by atoms with Crippen LogP contribution in [0.2, 0.25) is 0 Å². The van der Waals surface area contributed by atoms with Crippen molar-refractivity contribution in [2.75, 3.05) is 0 Å². The number of carbonyl (C=O) groups is 1. The molecule has 0 atom stereocenters. The van der Waals surface area contributed by atoms with Crippen molar-refractivity contribution in [3.05, 3.63) is 0 Å². The van der Waals surface area contributed by atoms with Crippen LogP contribution in [0.3, 0.4) is 0 Å². The molecule has 0 aromatic heterocycles. The van der Waals surface area contributed by atoms with Crippen LogP contribution in [0.25, 0.3) is 0 Å². The van der Waals surface area contributed by atoms with E-state index in [4.69, 9.17) is 0 Å². The standard InChI is InChI=1S/C9H14F3NO2/c1-6(14)13-7-2-4-8(5-3-7)15-9(10,11)12/h7-8H,2-5H2,1H3,(H,13,14). The van der Waals surface area contributed by atoms with Gasteiger partial charge in [-0.25, -0.2) is 0 Å². The van der Waals surface area contributed by atoms with Crippen molar-refractivity contribution in [2.24, 2.45) is 0 Å². The van der Waals surface area contributed by atoms with Gasteiger partial charge in [0.1, 0.15) is 0 Å². The predicted molar refractivity (Wildman–Crippen MR) is 47.0 cm³/mol. The number of alkyl halides is 3. The lowest BCUT2D eigenvalue weighted by atomic mass is 9.93. The Kier molecular flexibility index (Phi) is 3.96. The fourth-order valence-corrected chi connectivity index (χ4v) is 1.80. The zero-order valence-corrected chi connectivity index (χ0v) is 8.43. The van der Waals surface area contributed by atoms with Crippen molar-refractivity contribution in [3.63, 3.8) is 0 Å². The Bertz CT molecular complexity index is 222. The van der Waals surface area contributed by atoms with Gasteiger partial charge < -0.3 is 5.32 Å². The van der Waals surface area contributed by atoms with Crippen LogP contribution in [0.4, 0.5) is 13.2 Å². The summed E-state index contributed by atoms with van der Waals surface area (Å²) >= 11 is 0. The van der Waals surface area contributed by atoms with Gasteiger partial charge in [-0.05, 0) is 25.7 Å². The highest BCUT2D eigenvalue weighted by atomic mass is 19.4. The molecule has 1 N–H and O–H groups in total. The molecule has 0 unspecified atom stereocenters. The molecule has 0 radical (unpaired) electrons. The van der Waals surface area contributed by atoms with Crippen LogP contribution in [0.15, 0.2) is 0 Å². The Morgan fingerprint density at radius 3 is 2.20 bits per heavy atom. The van der Waals surface area contributed by atoms with Gasteiger partial charge in [-0.2, -0.15) is 0 Å². The largest absolute Gasteiger partial charge is 0.522 e. The molecular formula is C9H14F3NO2. The fourth-order valence-electron chi connectivity index (χ4n) is 1.80. The Labute approximate surface area is 86.0 Å². The minimum atomic E-state index is -4.55. The van der Waals surface area contributed by atoms with E-state index in [1.165, 1.54) is 6.92 Å². The number of amides is 1. The van der Waals surface area contributed by atoms with Crippen molar-refractivity contribution in [1.29, 1.82) is 0 Å². The molecule has 1 amide bonds. The smallest absolute Gasteiger partial charge is 0.354 e. The van der Waals surface area contributed by atoms with Gasteiger partial charge in [-0.3, -0.25) is 9.53 Å². The highest BCUT2D eigenvalue weighted by Crippen LogP contribution is 2.27. The Balaban J connectivity index is 2.27. The first-order chi connectivity index (χ1) is 6.87. The predicted octanol–water partition coefficient (Wildman–Crippen LogP) is 1.97. The highest BCUT2D eigenvalue weighted by Gasteiger charge is 2.35. The molecule has 0 aliphatic heterocycles. The lowest BCUT2D eigenvalue weighted by Gasteiger charge is -2.29. The molecule has 3 nitrogen and oxygen atoms in total. The molecule has 1 aliphatic rings. The van der Waals surface area contributed by atoms with E-state index in [1.54, 1.807) is 0 Å². The van der Waals surface area contributed by atoms with Crippen LogP contribution in [-0.4, -0.2) is 24.4 Å². The zero-order chi connectivity index (χ0) is 11.5. The van der Waals surface area contributed by atoms with Crippen LogP contribution in [0.5, 0.6) is 0 Å². The summed E-state index contributed by atoms with van der Waals surface area (Å²) in [5.74, 6) is -0.143. The van der Waals surface area contributed by atoms with Crippen molar-refractivity contribution < 1.29 is 22.7 Å². The SMILES string of the molecule is CC(=O)NC1CCC(OC(F)(F)F)CC1. The first kappa shape index (κ1) is 12.3. The van der Waals surface area contributed by atoms with Crippen LogP contribution >= 0.6 is 0 Å². The van der Waals surface area contributed by atoms with Crippen LogP contribution < -0.4 is 5.32 Å². The van der Waals surface area contributed by atoms with Gasteiger partial charge >= 0.3 is 6.36 Å². The topological polar surface area (TPSA) is 38.3 Å². The second kappa shape index (κ2) is 4.83. The van der Waals surface area contributed by atoms with Gasteiger partial charge in [0.25, 0.3) is 0 Å². The third-order valence-electron chi connectivity index (χ3n) is 2.38. The zero-order valence-electron chi connectivity index (χ0n) is 8.43. The molecule has 1 aliphatic carbocycles. The Morgan fingerprint density at radius 1 is 1.27 bits per heavy atom. The molecule has 6 heteroatoms. The van der Waals surface area contributed by atoms with E-state index in [9.17, 15) is 18.0 Å². The average molecular weight is 225 g/mol. The van der Waals surface area contributed by atoms with Crippen molar-refractivity contribution in [2.45, 2.75) is 51.1 Å². The summed E-state index contributed by atoms with van der Waals surface area (Å²) in [6.07, 6.45) is -3.55. The molecule has 0 aromatic rings. The molecule has 0 saturated heterocycles. The number of ether oxygens (including phenoxy) is 1. The van der Waals surface area contributed by atoms with E-state index in [0.717, 1.165) is 0 Å². The lowest BCUT2D eigenvalue weighted by Crippen LogP contribution is -2.39. The Hall–Kier alpha value is -0.780. The number of nitrogens with one attached hydrogen (secondary N) is 1. The lowest BCUT2D eigenvalue weighted by molar-refractivity contribution is -0.345. The minimum absolute atomic E-state index is 0.00409.